The fourth-order valence-corrected chi connectivity index (χ4v) is 4.92. The van der Waals surface area contributed by atoms with Gasteiger partial charge >= 0.3 is 0 Å². The minimum atomic E-state index is 0.602. The molecule has 4 rings (SSSR count). The van der Waals surface area contributed by atoms with E-state index in [-0.39, 0.29) is 0 Å². The summed E-state index contributed by atoms with van der Waals surface area (Å²) in [7, 11) is 0. The predicted molar refractivity (Wildman–Crippen MR) is 168 cm³/mol. The Hall–Kier alpha value is -3.96. The summed E-state index contributed by atoms with van der Waals surface area (Å²) in [6.07, 6.45) is 12.0. The van der Waals surface area contributed by atoms with Crippen LogP contribution in [0.3, 0.4) is 0 Å². The fourth-order valence-electron chi connectivity index (χ4n) is 4.92. The number of aromatic nitrogens is 2. The highest BCUT2D eigenvalue weighted by atomic mass is 15.1. The number of nitrogens with zero attached hydrogens (tertiary/aromatic N) is 3. The molecule has 5 nitrogen and oxygen atoms in total. The van der Waals surface area contributed by atoms with Crippen LogP contribution in [0.5, 0.6) is 0 Å². The Morgan fingerprint density at radius 3 is 2.62 bits per heavy atom. The van der Waals surface area contributed by atoms with Crippen LogP contribution in [0.2, 0.25) is 0 Å². The van der Waals surface area contributed by atoms with Crippen LogP contribution in [0.4, 0.5) is 0 Å². The maximum absolute atomic E-state index is 4.78. The summed E-state index contributed by atoms with van der Waals surface area (Å²) in [5.41, 5.74) is 11.2. The highest BCUT2D eigenvalue weighted by Gasteiger charge is 2.15. The van der Waals surface area contributed by atoms with E-state index in [9.17, 15) is 0 Å². The third kappa shape index (κ3) is 7.55. The number of nitrogens with one attached hydrogen (secondary N) is 2. The maximum atomic E-state index is 4.78. The number of H-pyrrole nitrogens is 1. The van der Waals surface area contributed by atoms with Crippen LogP contribution in [0, 0.1) is 5.92 Å². The molecule has 1 aliphatic rings. The van der Waals surface area contributed by atoms with Crippen LogP contribution in [0.1, 0.15) is 45.9 Å². The molecule has 3 heterocycles. The van der Waals surface area contributed by atoms with E-state index in [0.717, 1.165) is 58.5 Å². The Morgan fingerprint density at radius 1 is 1.08 bits per heavy atom. The predicted octanol–water partition coefficient (Wildman–Crippen LogP) is 7.69. The summed E-state index contributed by atoms with van der Waals surface area (Å²) in [6, 6.07) is 10.9. The monoisotopic (exact) mass is 519 g/mol. The maximum Gasteiger partial charge on any atom is 0.0872 e. The van der Waals surface area contributed by atoms with Gasteiger partial charge in [-0.3, -0.25) is 14.9 Å². The van der Waals surface area contributed by atoms with Crippen molar-refractivity contribution in [3.8, 4) is 11.1 Å². The molecule has 0 atom stereocenters. The third-order valence-corrected chi connectivity index (χ3v) is 6.61. The SMILES string of the molecule is C=C(C)/C=C\C=C(/C)C1=C(c2ccc3ncc(-c4c[nH]c(CN(CC(=C)C)CC(C)C)c4)cc3c2)NC=NC1. The van der Waals surface area contributed by atoms with E-state index in [1.165, 1.54) is 22.4 Å². The summed E-state index contributed by atoms with van der Waals surface area (Å²) >= 11 is 0. The first kappa shape index (κ1) is 28.1. The van der Waals surface area contributed by atoms with Gasteiger partial charge in [0, 0.05) is 59.8 Å². The van der Waals surface area contributed by atoms with Crippen LogP contribution >= 0.6 is 0 Å². The number of rotatable bonds is 11. The molecule has 1 aliphatic heterocycles. The van der Waals surface area contributed by atoms with Gasteiger partial charge in [0.2, 0.25) is 0 Å². The molecular formula is C34H41N5. The van der Waals surface area contributed by atoms with Gasteiger partial charge in [-0.15, -0.1) is 0 Å². The quantitative estimate of drug-likeness (QED) is 0.202. The molecule has 202 valence electrons. The van der Waals surface area contributed by atoms with Crippen LogP contribution in [0.15, 0.2) is 101 Å². The summed E-state index contributed by atoms with van der Waals surface area (Å²) in [5.74, 6) is 0.602. The number of hydrogen-bond acceptors (Lipinski definition) is 4. The molecule has 5 heteroatoms. The first-order valence-electron chi connectivity index (χ1n) is 13.6. The van der Waals surface area contributed by atoms with E-state index in [2.05, 4.69) is 104 Å². The Kier molecular flexibility index (Phi) is 9.15. The molecule has 39 heavy (non-hydrogen) atoms. The van der Waals surface area contributed by atoms with Crippen molar-refractivity contribution in [2.75, 3.05) is 19.6 Å². The Bertz CT molecular complexity index is 1480. The molecule has 0 saturated carbocycles. The van der Waals surface area contributed by atoms with Gasteiger partial charge in [0.25, 0.3) is 0 Å². The zero-order chi connectivity index (χ0) is 27.9. The number of fused-ring (bicyclic) bond motifs is 1. The van der Waals surface area contributed by atoms with E-state index in [1.807, 2.05) is 25.3 Å². The van der Waals surface area contributed by atoms with Crippen molar-refractivity contribution in [1.82, 2.24) is 20.2 Å². The highest BCUT2D eigenvalue weighted by Crippen LogP contribution is 2.29. The number of aliphatic imine (C=N–C) groups is 1. The Labute approximate surface area is 233 Å². The first-order chi connectivity index (χ1) is 18.7. The van der Waals surface area contributed by atoms with Crippen molar-refractivity contribution >= 4 is 22.9 Å². The van der Waals surface area contributed by atoms with Crippen LogP contribution in [-0.2, 0) is 6.54 Å². The van der Waals surface area contributed by atoms with Crippen molar-refractivity contribution in [1.29, 1.82) is 0 Å². The summed E-state index contributed by atoms with van der Waals surface area (Å²) < 4.78 is 0. The molecule has 0 bridgehead atoms. The largest absolute Gasteiger partial charge is 0.363 e. The lowest BCUT2D eigenvalue weighted by Gasteiger charge is -2.23. The smallest absolute Gasteiger partial charge is 0.0872 e. The minimum absolute atomic E-state index is 0.602. The average Bonchev–Trinajstić information content (AvgIpc) is 3.35. The van der Waals surface area contributed by atoms with Crippen LogP contribution in [0.25, 0.3) is 27.7 Å². The molecule has 0 fully saturated rings. The topological polar surface area (TPSA) is 56.3 Å². The lowest BCUT2D eigenvalue weighted by atomic mass is 9.97. The first-order valence-corrected chi connectivity index (χ1v) is 13.6. The van der Waals surface area contributed by atoms with E-state index in [0.29, 0.717) is 12.5 Å². The average molecular weight is 520 g/mol. The van der Waals surface area contributed by atoms with Gasteiger partial charge in [0.1, 0.15) is 0 Å². The lowest BCUT2D eigenvalue weighted by Crippen LogP contribution is -2.29. The number of allylic oxidation sites excluding steroid dienone is 4. The number of hydrogen-bond donors (Lipinski definition) is 2. The Morgan fingerprint density at radius 2 is 1.87 bits per heavy atom. The van der Waals surface area contributed by atoms with Crippen molar-refractivity contribution in [2.24, 2.45) is 10.9 Å². The molecule has 2 N–H and O–H groups in total. The summed E-state index contributed by atoms with van der Waals surface area (Å²) in [5, 5.41) is 4.50. The van der Waals surface area contributed by atoms with E-state index < -0.39 is 0 Å². The van der Waals surface area contributed by atoms with E-state index in [1.54, 1.807) is 6.34 Å². The zero-order valence-corrected chi connectivity index (χ0v) is 24.0. The fraction of sp³-hybridized carbons (Fsp3) is 0.294. The van der Waals surface area contributed by atoms with Gasteiger partial charge < -0.3 is 10.3 Å². The molecule has 0 spiro atoms. The molecule has 3 aromatic rings. The highest BCUT2D eigenvalue weighted by molar-refractivity contribution is 5.90. The summed E-state index contributed by atoms with van der Waals surface area (Å²) in [4.78, 5) is 15.2. The second kappa shape index (κ2) is 12.7. The van der Waals surface area contributed by atoms with Crippen LogP contribution < -0.4 is 5.32 Å². The number of aromatic amines is 1. The normalized spacial score (nSPS) is 14.2. The minimum Gasteiger partial charge on any atom is -0.363 e. The van der Waals surface area contributed by atoms with Gasteiger partial charge in [0.15, 0.2) is 0 Å². The molecule has 0 aliphatic carbocycles. The second-order valence-electron chi connectivity index (χ2n) is 11.1. The molecule has 0 amide bonds. The van der Waals surface area contributed by atoms with Crippen molar-refractivity contribution in [2.45, 2.75) is 41.2 Å². The van der Waals surface area contributed by atoms with Gasteiger partial charge in [-0.1, -0.05) is 62.4 Å². The molecule has 0 unspecified atom stereocenters. The standard InChI is InChI=1S/C34H41N5/c1-23(2)9-8-10-26(7)32-18-35-22-38-34(32)27-11-12-33-28(13-27)14-29(17-37-33)30-15-31(36-16-30)21-39(19-24(3)4)20-25(5)6/h8-17,22,25,36H,1,3,18-21H2,2,4-7H3,(H,35,38)/b9-8-,26-10+. The van der Waals surface area contributed by atoms with Crippen LogP contribution in [-0.4, -0.2) is 40.8 Å². The van der Waals surface area contributed by atoms with Gasteiger partial charge in [-0.05, 0) is 62.1 Å². The Balaban J connectivity index is 1.62. The zero-order valence-electron chi connectivity index (χ0n) is 24.0. The molecule has 1 aromatic carbocycles. The van der Waals surface area contributed by atoms with Crippen molar-refractivity contribution < 1.29 is 0 Å². The van der Waals surface area contributed by atoms with Gasteiger partial charge in [-0.25, -0.2) is 0 Å². The van der Waals surface area contributed by atoms with Crippen molar-refractivity contribution in [3.63, 3.8) is 0 Å². The molecule has 0 saturated heterocycles. The number of benzene rings is 1. The number of pyridine rings is 1. The molecule has 0 radical (unpaired) electrons. The second-order valence-corrected chi connectivity index (χ2v) is 11.1. The molecule has 2 aromatic heterocycles. The molecular weight excluding hydrogens is 478 g/mol. The van der Waals surface area contributed by atoms with Gasteiger partial charge in [0.05, 0.1) is 24.1 Å². The third-order valence-electron chi connectivity index (χ3n) is 6.61. The summed E-state index contributed by atoms with van der Waals surface area (Å²) in [6.45, 7) is 22.2. The van der Waals surface area contributed by atoms with E-state index >= 15 is 0 Å². The van der Waals surface area contributed by atoms with E-state index in [4.69, 9.17) is 4.98 Å². The van der Waals surface area contributed by atoms with Gasteiger partial charge in [-0.2, -0.15) is 0 Å². The lowest BCUT2D eigenvalue weighted by molar-refractivity contribution is 0.253. The van der Waals surface area contributed by atoms with Crippen molar-refractivity contribution in [3.05, 3.63) is 108 Å².